The van der Waals surface area contributed by atoms with Gasteiger partial charge in [0.05, 0.1) is 10.3 Å². The number of carbonyl (C=O) groups is 1. The molecule has 0 bridgehead atoms. The zero-order chi connectivity index (χ0) is 16.0. The Balaban J connectivity index is 3.08. The predicted octanol–water partition coefficient (Wildman–Crippen LogP) is 4.57. The number of hydrogen-bond donors (Lipinski definition) is 1. The molecule has 0 spiro atoms. The smallest absolute Gasteiger partial charge is 0.309 e. The number of rotatable bonds is 8. The van der Waals surface area contributed by atoms with E-state index in [0.717, 1.165) is 18.4 Å². The Bertz CT molecular complexity index is 532. The number of halogens is 1. The van der Waals surface area contributed by atoms with E-state index >= 15 is 0 Å². The largest absolute Gasteiger partial charge is 0.481 e. The second-order valence-corrected chi connectivity index (χ2v) is 6.11. The van der Waals surface area contributed by atoms with Gasteiger partial charge in [0.15, 0.2) is 0 Å². The molecule has 1 aromatic carbocycles. The van der Waals surface area contributed by atoms with Crippen molar-refractivity contribution in [1.29, 1.82) is 0 Å². The van der Waals surface area contributed by atoms with Crippen molar-refractivity contribution in [3.63, 3.8) is 0 Å². The highest BCUT2D eigenvalue weighted by atomic mass is 79.9. The molecule has 1 N–H and O–H groups in total. The predicted molar refractivity (Wildman–Crippen MR) is 84.4 cm³/mol. The highest BCUT2D eigenvalue weighted by Crippen LogP contribution is 2.36. The SMILES string of the molecule is CCCCC(CC)(Cc1ccc([N+](=O)[O-])cc1Br)C(=O)O. The quantitative estimate of drug-likeness (QED) is 0.545. The van der Waals surface area contributed by atoms with E-state index in [0.29, 0.717) is 23.7 Å². The first-order valence-corrected chi connectivity index (χ1v) is 7.81. The number of unbranched alkanes of at least 4 members (excludes halogenated alkanes) is 1. The van der Waals surface area contributed by atoms with Gasteiger partial charge < -0.3 is 5.11 Å². The zero-order valence-corrected chi connectivity index (χ0v) is 13.9. The monoisotopic (exact) mass is 357 g/mol. The highest BCUT2D eigenvalue weighted by Gasteiger charge is 2.36. The molecule has 1 aromatic rings. The fraction of sp³-hybridized carbons (Fsp3) is 0.533. The third-order valence-electron chi connectivity index (χ3n) is 3.92. The number of carboxylic acids is 1. The second-order valence-electron chi connectivity index (χ2n) is 5.25. The van der Waals surface area contributed by atoms with Crippen LogP contribution in [0.15, 0.2) is 22.7 Å². The first-order valence-electron chi connectivity index (χ1n) is 7.02. The number of aliphatic carboxylic acids is 1. The molecule has 0 aliphatic heterocycles. The van der Waals surface area contributed by atoms with Crippen LogP contribution in [0.2, 0.25) is 0 Å². The molecule has 0 aliphatic rings. The first kappa shape index (κ1) is 17.6. The lowest BCUT2D eigenvalue weighted by Crippen LogP contribution is -2.33. The molecule has 0 fully saturated rings. The van der Waals surface area contributed by atoms with Gasteiger partial charge >= 0.3 is 5.97 Å². The van der Waals surface area contributed by atoms with Crippen LogP contribution in [0.4, 0.5) is 5.69 Å². The maximum Gasteiger partial charge on any atom is 0.309 e. The van der Waals surface area contributed by atoms with E-state index in [2.05, 4.69) is 15.9 Å². The molecular formula is C15H20BrNO4. The van der Waals surface area contributed by atoms with Crippen LogP contribution in [0.5, 0.6) is 0 Å². The maximum absolute atomic E-state index is 11.7. The second kappa shape index (κ2) is 7.54. The fourth-order valence-corrected chi connectivity index (χ4v) is 2.90. The van der Waals surface area contributed by atoms with Crippen LogP contribution in [0.1, 0.15) is 45.1 Å². The van der Waals surface area contributed by atoms with Gasteiger partial charge in [-0.25, -0.2) is 0 Å². The van der Waals surface area contributed by atoms with Gasteiger partial charge in [-0.05, 0) is 24.8 Å². The number of hydrogen-bond acceptors (Lipinski definition) is 3. The Kier molecular flexibility index (Phi) is 6.33. The van der Waals surface area contributed by atoms with Crippen LogP contribution in [0.3, 0.4) is 0 Å². The first-order chi connectivity index (χ1) is 9.86. The average Bonchev–Trinajstić information content (AvgIpc) is 2.44. The molecule has 1 rings (SSSR count). The van der Waals surface area contributed by atoms with Gasteiger partial charge in [0.1, 0.15) is 0 Å². The molecule has 1 unspecified atom stereocenters. The summed E-state index contributed by atoms with van der Waals surface area (Å²) in [7, 11) is 0. The Labute approximate surface area is 132 Å². The minimum atomic E-state index is -0.811. The van der Waals surface area contributed by atoms with Gasteiger partial charge in [-0.2, -0.15) is 0 Å². The van der Waals surface area contributed by atoms with Gasteiger partial charge in [0.25, 0.3) is 5.69 Å². The van der Waals surface area contributed by atoms with E-state index in [1.807, 2.05) is 13.8 Å². The molecule has 1 atom stereocenters. The molecular weight excluding hydrogens is 338 g/mol. The summed E-state index contributed by atoms with van der Waals surface area (Å²) in [6.45, 7) is 3.91. The Morgan fingerprint density at radius 1 is 1.43 bits per heavy atom. The summed E-state index contributed by atoms with van der Waals surface area (Å²) in [5, 5.41) is 20.4. The van der Waals surface area contributed by atoms with Crippen LogP contribution in [0.25, 0.3) is 0 Å². The van der Waals surface area contributed by atoms with Crippen molar-refractivity contribution in [3.05, 3.63) is 38.3 Å². The maximum atomic E-state index is 11.7. The molecule has 0 aromatic heterocycles. The molecule has 0 saturated carbocycles. The van der Waals surface area contributed by atoms with E-state index in [4.69, 9.17) is 0 Å². The number of benzene rings is 1. The van der Waals surface area contributed by atoms with Gasteiger partial charge in [-0.1, -0.05) is 48.7 Å². The summed E-state index contributed by atoms with van der Waals surface area (Å²) in [4.78, 5) is 22.0. The van der Waals surface area contributed by atoms with E-state index < -0.39 is 16.3 Å². The summed E-state index contributed by atoms with van der Waals surface area (Å²) < 4.78 is 0.590. The van der Waals surface area contributed by atoms with Crippen LogP contribution in [0, 0.1) is 15.5 Å². The van der Waals surface area contributed by atoms with Crippen molar-refractivity contribution in [1.82, 2.24) is 0 Å². The molecule has 5 nitrogen and oxygen atoms in total. The molecule has 21 heavy (non-hydrogen) atoms. The van der Waals surface area contributed by atoms with Crippen LogP contribution in [-0.2, 0) is 11.2 Å². The lowest BCUT2D eigenvalue weighted by atomic mass is 9.75. The van der Waals surface area contributed by atoms with E-state index in [1.54, 1.807) is 6.07 Å². The Morgan fingerprint density at radius 3 is 2.52 bits per heavy atom. The lowest BCUT2D eigenvalue weighted by Gasteiger charge is -2.28. The summed E-state index contributed by atoms with van der Waals surface area (Å²) in [5.41, 5.74) is -0.0214. The average molecular weight is 358 g/mol. The van der Waals surface area contributed by atoms with Crippen molar-refractivity contribution in [2.24, 2.45) is 5.41 Å². The lowest BCUT2D eigenvalue weighted by molar-refractivity contribution is -0.384. The van der Waals surface area contributed by atoms with Crippen molar-refractivity contribution in [2.75, 3.05) is 0 Å². The summed E-state index contributed by atoms with van der Waals surface area (Å²) >= 11 is 3.32. The van der Waals surface area contributed by atoms with E-state index in [1.165, 1.54) is 12.1 Å². The molecule has 0 radical (unpaired) electrons. The van der Waals surface area contributed by atoms with Crippen molar-refractivity contribution in [2.45, 2.75) is 46.0 Å². The van der Waals surface area contributed by atoms with Crippen molar-refractivity contribution in [3.8, 4) is 0 Å². The highest BCUT2D eigenvalue weighted by molar-refractivity contribution is 9.10. The molecule has 6 heteroatoms. The minimum Gasteiger partial charge on any atom is -0.481 e. The number of carboxylic acid groups (broad SMARTS) is 1. The van der Waals surface area contributed by atoms with E-state index in [9.17, 15) is 20.0 Å². The van der Waals surface area contributed by atoms with Gasteiger partial charge in [0.2, 0.25) is 0 Å². The van der Waals surface area contributed by atoms with Crippen LogP contribution in [-0.4, -0.2) is 16.0 Å². The summed E-state index contributed by atoms with van der Waals surface area (Å²) in [6, 6.07) is 4.49. The minimum absolute atomic E-state index is 0.00314. The fourth-order valence-electron chi connectivity index (χ4n) is 2.40. The molecule has 0 saturated heterocycles. The molecule has 0 heterocycles. The number of nitro benzene ring substituents is 1. The third-order valence-corrected chi connectivity index (χ3v) is 4.65. The number of nitro groups is 1. The Morgan fingerprint density at radius 2 is 2.10 bits per heavy atom. The van der Waals surface area contributed by atoms with E-state index in [-0.39, 0.29) is 5.69 Å². The van der Waals surface area contributed by atoms with Gasteiger partial charge in [-0.15, -0.1) is 0 Å². The molecule has 116 valence electrons. The topological polar surface area (TPSA) is 80.4 Å². The zero-order valence-electron chi connectivity index (χ0n) is 12.3. The summed E-state index contributed by atoms with van der Waals surface area (Å²) in [5.74, 6) is -0.802. The van der Waals surface area contributed by atoms with Crippen LogP contribution < -0.4 is 0 Å². The number of non-ortho nitro benzene ring substituents is 1. The van der Waals surface area contributed by atoms with Gasteiger partial charge in [0, 0.05) is 16.6 Å². The van der Waals surface area contributed by atoms with Crippen molar-refractivity contribution < 1.29 is 14.8 Å². The van der Waals surface area contributed by atoms with Gasteiger partial charge in [-0.3, -0.25) is 14.9 Å². The molecule has 0 amide bonds. The Hall–Kier alpha value is -1.43. The standard InChI is InChI=1S/C15H20BrNO4/c1-3-5-8-15(4-2,14(18)19)10-11-6-7-12(17(20)21)9-13(11)16/h6-7,9H,3-5,8,10H2,1-2H3,(H,18,19). The normalized spacial score (nSPS) is 13.7. The summed E-state index contributed by atoms with van der Waals surface area (Å²) in [6.07, 6.45) is 3.31. The third kappa shape index (κ3) is 4.27. The molecule has 0 aliphatic carbocycles. The van der Waals surface area contributed by atoms with Crippen molar-refractivity contribution >= 4 is 27.6 Å². The number of nitrogens with zero attached hydrogens (tertiary/aromatic N) is 1. The van der Waals surface area contributed by atoms with Crippen LogP contribution >= 0.6 is 15.9 Å².